The summed E-state index contributed by atoms with van der Waals surface area (Å²) in [5.41, 5.74) is 2.41. The van der Waals surface area contributed by atoms with E-state index in [4.69, 9.17) is 4.74 Å². The number of aromatic nitrogens is 3. The molecule has 0 unspecified atom stereocenters. The molecule has 2 fully saturated rings. The minimum Gasteiger partial charge on any atom is -0.378 e. The van der Waals surface area contributed by atoms with Crippen LogP contribution in [0, 0.1) is 6.92 Å². The van der Waals surface area contributed by atoms with E-state index in [1.807, 2.05) is 11.8 Å². The normalized spacial score (nSPS) is 18.8. The van der Waals surface area contributed by atoms with E-state index in [1.165, 1.54) is 43.6 Å². The summed E-state index contributed by atoms with van der Waals surface area (Å²) < 4.78 is 7.76. The fraction of sp³-hybridized carbons (Fsp3) is 0.600. The molecule has 1 aromatic carbocycles. The first-order valence-corrected chi connectivity index (χ1v) is 11.0. The number of thioether (sulfide) groups is 1. The smallest absolute Gasteiger partial charge is 0.232 e. The minimum atomic E-state index is 0.748. The van der Waals surface area contributed by atoms with Gasteiger partial charge in [-0.25, -0.2) is 0 Å². The number of aryl methyl sites for hydroxylation is 1. The molecule has 3 heterocycles. The van der Waals surface area contributed by atoms with E-state index in [9.17, 15) is 0 Å². The zero-order chi connectivity index (χ0) is 18.5. The Balaban J connectivity index is 1.55. The van der Waals surface area contributed by atoms with Crippen LogP contribution in [0.2, 0.25) is 0 Å². The number of ether oxygens (including phenoxy) is 1. The molecular weight excluding hydrogens is 358 g/mol. The molecule has 0 saturated carbocycles. The minimum absolute atomic E-state index is 0.748. The Morgan fingerprint density at radius 1 is 1.00 bits per heavy atom. The van der Waals surface area contributed by atoms with E-state index in [1.54, 1.807) is 0 Å². The predicted molar refractivity (Wildman–Crippen MR) is 110 cm³/mol. The van der Waals surface area contributed by atoms with Crippen molar-refractivity contribution in [3.05, 3.63) is 29.8 Å². The van der Waals surface area contributed by atoms with E-state index in [2.05, 4.69) is 55.8 Å². The van der Waals surface area contributed by atoms with Crippen molar-refractivity contribution >= 4 is 17.7 Å². The fourth-order valence-electron chi connectivity index (χ4n) is 3.80. The third-order valence-electron chi connectivity index (χ3n) is 5.35. The third kappa shape index (κ3) is 4.47. The van der Waals surface area contributed by atoms with E-state index >= 15 is 0 Å². The van der Waals surface area contributed by atoms with Crippen LogP contribution in [-0.4, -0.2) is 71.4 Å². The largest absolute Gasteiger partial charge is 0.378 e. The van der Waals surface area contributed by atoms with Crippen LogP contribution in [-0.2, 0) is 4.74 Å². The first-order chi connectivity index (χ1) is 13.3. The van der Waals surface area contributed by atoms with Crippen LogP contribution < -0.4 is 4.90 Å². The lowest BCUT2D eigenvalue weighted by Gasteiger charge is -2.28. The van der Waals surface area contributed by atoms with Crippen molar-refractivity contribution < 1.29 is 4.74 Å². The second-order valence-electron chi connectivity index (χ2n) is 7.25. The molecule has 2 aliphatic heterocycles. The summed E-state index contributed by atoms with van der Waals surface area (Å²) in [6, 6.07) is 8.49. The quantitative estimate of drug-likeness (QED) is 0.710. The van der Waals surface area contributed by atoms with Gasteiger partial charge >= 0.3 is 0 Å². The van der Waals surface area contributed by atoms with Crippen LogP contribution in [0.15, 0.2) is 29.4 Å². The monoisotopic (exact) mass is 387 g/mol. The fourth-order valence-corrected chi connectivity index (χ4v) is 4.74. The van der Waals surface area contributed by atoms with Crippen molar-refractivity contribution in [3.63, 3.8) is 0 Å². The van der Waals surface area contributed by atoms with Crippen molar-refractivity contribution in [2.45, 2.75) is 31.3 Å². The number of hydrogen-bond donors (Lipinski definition) is 0. The molecule has 6 nitrogen and oxygen atoms in total. The molecule has 27 heavy (non-hydrogen) atoms. The summed E-state index contributed by atoms with van der Waals surface area (Å²) in [6.07, 6.45) is 4.06. The van der Waals surface area contributed by atoms with Gasteiger partial charge in [-0.1, -0.05) is 36.4 Å². The first kappa shape index (κ1) is 18.8. The lowest BCUT2D eigenvalue weighted by atomic mass is 10.1. The number of nitrogens with zero attached hydrogens (tertiary/aromatic N) is 5. The van der Waals surface area contributed by atoms with Gasteiger partial charge in [0.05, 0.1) is 18.9 Å². The average Bonchev–Trinajstić information content (AvgIpc) is 3.13. The number of morpholine rings is 1. The molecule has 2 aliphatic rings. The van der Waals surface area contributed by atoms with Gasteiger partial charge in [-0.3, -0.25) is 4.57 Å². The molecule has 0 atom stereocenters. The highest BCUT2D eigenvalue weighted by atomic mass is 32.2. The van der Waals surface area contributed by atoms with Crippen LogP contribution in [0.3, 0.4) is 0 Å². The molecule has 0 spiro atoms. The van der Waals surface area contributed by atoms with E-state index in [-0.39, 0.29) is 0 Å². The molecule has 0 N–H and O–H groups in total. The summed E-state index contributed by atoms with van der Waals surface area (Å²) in [4.78, 5) is 4.87. The standard InChI is InChI=1S/C20H29N5OS/c1-17-7-3-4-8-18(17)25-19(24-11-14-26-15-12-24)21-22-20(25)27-16-13-23-9-5-2-6-10-23/h3-4,7-8H,2,5-6,9-16H2,1H3. The van der Waals surface area contributed by atoms with Crippen LogP contribution in [0.5, 0.6) is 0 Å². The Hall–Kier alpha value is -1.57. The molecule has 0 bridgehead atoms. The van der Waals surface area contributed by atoms with Gasteiger partial charge in [-0.2, -0.15) is 0 Å². The van der Waals surface area contributed by atoms with E-state index in [0.717, 1.165) is 49.7 Å². The Kier molecular flexibility index (Phi) is 6.32. The topological polar surface area (TPSA) is 46.4 Å². The number of piperidine rings is 1. The molecule has 0 amide bonds. The van der Waals surface area contributed by atoms with Gasteiger partial charge in [0.15, 0.2) is 5.16 Å². The Morgan fingerprint density at radius 3 is 2.56 bits per heavy atom. The lowest BCUT2D eigenvalue weighted by Crippen LogP contribution is -2.38. The van der Waals surface area contributed by atoms with Crippen molar-refractivity contribution in [2.24, 2.45) is 0 Å². The summed E-state index contributed by atoms with van der Waals surface area (Å²) in [5.74, 6) is 1.99. The number of anilines is 1. The van der Waals surface area contributed by atoms with Crippen molar-refractivity contribution in [1.82, 2.24) is 19.7 Å². The summed E-state index contributed by atoms with van der Waals surface area (Å²) >= 11 is 1.82. The Morgan fingerprint density at radius 2 is 1.78 bits per heavy atom. The molecule has 0 aliphatic carbocycles. The van der Waals surface area contributed by atoms with Crippen LogP contribution in [0.25, 0.3) is 5.69 Å². The molecule has 0 radical (unpaired) electrons. The average molecular weight is 388 g/mol. The molecule has 4 rings (SSSR count). The van der Waals surface area contributed by atoms with Gasteiger partial charge in [-0.05, 0) is 44.5 Å². The second kappa shape index (κ2) is 9.08. The highest BCUT2D eigenvalue weighted by Gasteiger charge is 2.22. The molecule has 1 aromatic heterocycles. The molecule has 146 valence electrons. The van der Waals surface area contributed by atoms with Crippen molar-refractivity contribution in [3.8, 4) is 5.69 Å². The number of likely N-dealkylation sites (tertiary alicyclic amines) is 1. The van der Waals surface area contributed by atoms with Gasteiger partial charge in [0.1, 0.15) is 0 Å². The summed E-state index contributed by atoms with van der Waals surface area (Å²) in [5, 5.41) is 10.1. The van der Waals surface area contributed by atoms with Gasteiger partial charge in [0.2, 0.25) is 5.95 Å². The van der Waals surface area contributed by atoms with E-state index < -0.39 is 0 Å². The maximum absolute atomic E-state index is 5.52. The van der Waals surface area contributed by atoms with Gasteiger partial charge in [0.25, 0.3) is 0 Å². The molecular formula is C20H29N5OS. The second-order valence-corrected chi connectivity index (χ2v) is 8.32. The molecule has 2 saturated heterocycles. The highest BCUT2D eigenvalue weighted by Crippen LogP contribution is 2.29. The zero-order valence-corrected chi connectivity index (χ0v) is 17.0. The number of hydrogen-bond acceptors (Lipinski definition) is 6. The van der Waals surface area contributed by atoms with Crippen molar-refractivity contribution in [2.75, 3.05) is 56.6 Å². The van der Waals surface area contributed by atoms with Gasteiger partial charge in [0, 0.05) is 25.4 Å². The SMILES string of the molecule is Cc1ccccc1-n1c(SCCN2CCCCC2)nnc1N1CCOCC1. The maximum Gasteiger partial charge on any atom is 0.232 e. The lowest BCUT2D eigenvalue weighted by molar-refractivity contribution is 0.122. The van der Waals surface area contributed by atoms with E-state index in [0.29, 0.717) is 0 Å². The van der Waals surface area contributed by atoms with Gasteiger partial charge in [-0.15, -0.1) is 10.2 Å². The third-order valence-corrected chi connectivity index (χ3v) is 6.26. The van der Waals surface area contributed by atoms with Crippen molar-refractivity contribution in [1.29, 1.82) is 0 Å². The van der Waals surface area contributed by atoms with Gasteiger partial charge < -0.3 is 14.5 Å². The highest BCUT2D eigenvalue weighted by molar-refractivity contribution is 7.99. The number of rotatable bonds is 6. The Bertz CT molecular complexity index is 738. The number of benzene rings is 1. The van der Waals surface area contributed by atoms with Crippen LogP contribution in [0.1, 0.15) is 24.8 Å². The summed E-state index contributed by atoms with van der Waals surface area (Å²) in [6.45, 7) is 8.98. The predicted octanol–water partition coefficient (Wildman–Crippen LogP) is 2.99. The molecule has 2 aromatic rings. The molecule has 7 heteroatoms. The Labute approximate surface area is 165 Å². The summed E-state index contributed by atoms with van der Waals surface area (Å²) in [7, 11) is 0. The number of para-hydroxylation sites is 1. The van der Waals surface area contributed by atoms with Crippen LogP contribution >= 0.6 is 11.8 Å². The van der Waals surface area contributed by atoms with Crippen LogP contribution in [0.4, 0.5) is 5.95 Å². The maximum atomic E-state index is 5.52. The zero-order valence-electron chi connectivity index (χ0n) is 16.1. The first-order valence-electron chi connectivity index (χ1n) is 10.0.